The second-order valence-electron chi connectivity index (χ2n) is 5.08. The highest BCUT2D eigenvalue weighted by Crippen LogP contribution is 2.29. The Bertz CT molecular complexity index is 546. The fraction of sp³-hybridized carbons (Fsp3) is 0.500. The number of rotatable bonds is 4. The molecule has 1 saturated carbocycles. The fourth-order valence-electron chi connectivity index (χ4n) is 2.54. The zero-order chi connectivity index (χ0) is 15.4. The minimum atomic E-state index is -0.558. The van der Waals surface area contributed by atoms with Crippen molar-refractivity contribution in [2.75, 3.05) is 12.4 Å². The number of hydrogen-bond donors (Lipinski definition) is 2. The fourth-order valence-corrected chi connectivity index (χ4v) is 2.54. The molecule has 7 heteroatoms. The van der Waals surface area contributed by atoms with Gasteiger partial charge in [-0.1, -0.05) is 12.8 Å². The van der Waals surface area contributed by atoms with E-state index in [0.717, 1.165) is 19.3 Å². The topological polar surface area (TPSA) is 102 Å². The molecule has 0 bridgehead atoms. The van der Waals surface area contributed by atoms with Gasteiger partial charge in [-0.2, -0.15) is 0 Å². The molecule has 1 aliphatic rings. The molecule has 1 aliphatic carbocycles. The maximum atomic E-state index is 11.5. The SMILES string of the molecule is COC(=O)c1ccc([N+](=O)[O-])c(NC2CCCCC2O)c1. The number of nitrogens with one attached hydrogen (secondary N) is 1. The average molecular weight is 294 g/mol. The largest absolute Gasteiger partial charge is 0.465 e. The van der Waals surface area contributed by atoms with Crippen LogP contribution >= 0.6 is 0 Å². The van der Waals surface area contributed by atoms with Crippen molar-refractivity contribution in [1.29, 1.82) is 0 Å². The van der Waals surface area contributed by atoms with E-state index in [2.05, 4.69) is 10.1 Å². The van der Waals surface area contributed by atoms with Crippen LogP contribution in [0.1, 0.15) is 36.0 Å². The van der Waals surface area contributed by atoms with E-state index in [1.54, 1.807) is 0 Å². The lowest BCUT2D eigenvalue weighted by Crippen LogP contribution is -2.36. The number of aliphatic hydroxyl groups is 1. The molecule has 0 radical (unpaired) electrons. The van der Waals surface area contributed by atoms with Crippen LogP contribution in [0, 0.1) is 10.1 Å². The molecular weight excluding hydrogens is 276 g/mol. The molecule has 1 fully saturated rings. The van der Waals surface area contributed by atoms with E-state index >= 15 is 0 Å². The summed E-state index contributed by atoms with van der Waals surface area (Å²) < 4.78 is 4.62. The van der Waals surface area contributed by atoms with Gasteiger partial charge in [0.2, 0.25) is 0 Å². The van der Waals surface area contributed by atoms with Crippen LogP contribution in [-0.4, -0.2) is 35.3 Å². The maximum Gasteiger partial charge on any atom is 0.337 e. The Hall–Kier alpha value is -2.15. The number of benzene rings is 1. The van der Waals surface area contributed by atoms with Crippen molar-refractivity contribution in [3.8, 4) is 0 Å². The van der Waals surface area contributed by atoms with Crippen LogP contribution in [0.3, 0.4) is 0 Å². The maximum absolute atomic E-state index is 11.5. The number of nitro benzene ring substituents is 1. The quantitative estimate of drug-likeness (QED) is 0.501. The first-order valence-electron chi connectivity index (χ1n) is 6.84. The molecule has 1 aromatic carbocycles. The van der Waals surface area contributed by atoms with Crippen molar-refractivity contribution < 1.29 is 19.6 Å². The Morgan fingerprint density at radius 3 is 2.76 bits per heavy atom. The molecule has 2 rings (SSSR count). The molecule has 0 aromatic heterocycles. The van der Waals surface area contributed by atoms with Crippen LogP contribution in [0.5, 0.6) is 0 Å². The van der Waals surface area contributed by atoms with Crippen LogP contribution in [-0.2, 0) is 4.74 Å². The Kier molecular flexibility index (Phi) is 4.74. The van der Waals surface area contributed by atoms with Gasteiger partial charge in [0.1, 0.15) is 5.69 Å². The molecule has 2 unspecified atom stereocenters. The number of anilines is 1. The van der Waals surface area contributed by atoms with Crippen LogP contribution in [0.15, 0.2) is 18.2 Å². The van der Waals surface area contributed by atoms with Gasteiger partial charge in [-0.3, -0.25) is 10.1 Å². The summed E-state index contributed by atoms with van der Waals surface area (Å²) in [4.78, 5) is 22.1. The monoisotopic (exact) mass is 294 g/mol. The predicted molar refractivity (Wildman–Crippen MR) is 76.3 cm³/mol. The number of carbonyl (C=O) groups is 1. The van der Waals surface area contributed by atoms with Crippen molar-refractivity contribution in [3.05, 3.63) is 33.9 Å². The van der Waals surface area contributed by atoms with Gasteiger partial charge in [-0.25, -0.2) is 4.79 Å². The third kappa shape index (κ3) is 3.49. The van der Waals surface area contributed by atoms with E-state index in [0.29, 0.717) is 6.42 Å². The first-order valence-corrected chi connectivity index (χ1v) is 6.84. The molecule has 2 atom stereocenters. The van der Waals surface area contributed by atoms with Crippen LogP contribution in [0.25, 0.3) is 0 Å². The highest BCUT2D eigenvalue weighted by atomic mass is 16.6. The van der Waals surface area contributed by atoms with E-state index in [4.69, 9.17) is 0 Å². The predicted octanol–water partition coefficient (Wildman–Crippen LogP) is 2.10. The highest BCUT2D eigenvalue weighted by molar-refractivity contribution is 5.91. The number of ether oxygens (including phenoxy) is 1. The molecular formula is C14H18N2O5. The third-order valence-corrected chi connectivity index (χ3v) is 3.68. The van der Waals surface area contributed by atoms with Gasteiger partial charge in [0.05, 0.1) is 29.7 Å². The molecule has 2 N–H and O–H groups in total. The summed E-state index contributed by atoms with van der Waals surface area (Å²) in [6, 6.07) is 3.77. The van der Waals surface area contributed by atoms with Crippen LogP contribution in [0.4, 0.5) is 11.4 Å². The Morgan fingerprint density at radius 2 is 2.14 bits per heavy atom. The third-order valence-electron chi connectivity index (χ3n) is 3.68. The number of methoxy groups -OCH3 is 1. The Balaban J connectivity index is 2.29. The zero-order valence-electron chi connectivity index (χ0n) is 11.7. The smallest absolute Gasteiger partial charge is 0.337 e. The summed E-state index contributed by atoms with van der Waals surface area (Å²) >= 11 is 0. The summed E-state index contributed by atoms with van der Waals surface area (Å²) in [6.45, 7) is 0. The molecule has 1 aromatic rings. The minimum Gasteiger partial charge on any atom is -0.465 e. The number of nitro groups is 1. The molecule has 0 heterocycles. The molecule has 114 valence electrons. The minimum absolute atomic E-state index is 0.125. The Morgan fingerprint density at radius 1 is 1.43 bits per heavy atom. The number of nitrogens with zero attached hydrogens (tertiary/aromatic N) is 1. The molecule has 0 aliphatic heterocycles. The lowest BCUT2D eigenvalue weighted by molar-refractivity contribution is -0.384. The molecule has 0 saturated heterocycles. The van der Waals surface area contributed by atoms with Gasteiger partial charge in [0, 0.05) is 6.07 Å². The number of esters is 1. The molecule has 7 nitrogen and oxygen atoms in total. The number of hydrogen-bond acceptors (Lipinski definition) is 6. The van der Waals surface area contributed by atoms with Crippen molar-refractivity contribution in [1.82, 2.24) is 0 Å². The first kappa shape index (κ1) is 15.2. The van der Waals surface area contributed by atoms with Crippen molar-refractivity contribution in [2.45, 2.75) is 37.8 Å². The van der Waals surface area contributed by atoms with Crippen molar-refractivity contribution in [2.24, 2.45) is 0 Å². The van der Waals surface area contributed by atoms with E-state index in [1.807, 2.05) is 0 Å². The molecule has 0 amide bonds. The van der Waals surface area contributed by atoms with Crippen LogP contribution < -0.4 is 5.32 Å². The highest BCUT2D eigenvalue weighted by Gasteiger charge is 2.26. The van der Waals surface area contributed by atoms with Gasteiger partial charge in [-0.15, -0.1) is 0 Å². The lowest BCUT2D eigenvalue weighted by atomic mass is 9.92. The summed E-state index contributed by atoms with van der Waals surface area (Å²) in [7, 11) is 1.25. The van der Waals surface area contributed by atoms with Crippen LogP contribution in [0.2, 0.25) is 0 Å². The lowest BCUT2D eigenvalue weighted by Gasteiger charge is -2.29. The zero-order valence-corrected chi connectivity index (χ0v) is 11.7. The van der Waals surface area contributed by atoms with E-state index in [1.165, 1.54) is 25.3 Å². The normalized spacial score (nSPS) is 21.6. The van der Waals surface area contributed by atoms with E-state index in [-0.39, 0.29) is 23.0 Å². The first-order chi connectivity index (χ1) is 10.0. The van der Waals surface area contributed by atoms with E-state index < -0.39 is 17.0 Å². The molecule has 0 spiro atoms. The van der Waals surface area contributed by atoms with Crippen molar-refractivity contribution in [3.63, 3.8) is 0 Å². The Labute approximate surface area is 122 Å². The molecule has 21 heavy (non-hydrogen) atoms. The summed E-state index contributed by atoms with van der Waals surface area (Å²) in [5.74, 6) is -0.558. The summed E-state index contributed by atoms with van der Waals surface area (Å²) in [6.07, 6.45) is 2.77. The van der Waals surface area contributed by atoms with Gasteiger partial charge >= 0.3 is 5.97 Å². The number of carbonyl (C=O) groups excluding carboxylic acids is 1. The standard InChI is InChI=1S/C14H18N2O5/c1-21-14(18)9-6-7-12(16(19)20)11(8-9)15-10-4-2-3-5-13(10)17/h6-8,10,13,15,17H,2-5H2,1H3. The summed E-state index contributed by atoms with van der Waals surface area (Å²) in [5, 5.41) is 24.0. The average Bonchev–Trinajstić information content (AvgIpc) is 2.48. The van der Waals surface area contributed by atoms with Gasteiger partial charge in [0.15, 0.2) is 0 Å². The second-order valence-corrected chi connectivity index (χ2v) is 5.08. The van der Waals surface area contributed by atoms with Crippen molar-refractivity contribution >= 4 is 17.3 Å². The second kappa shape index (κ2) is 6.53. The van der Waals surface area contributed by atoms with E-state index in [9.17, 15) is 20.0 Å². The van der Waals surface area contributed by atoms with Gasteiger partial charge in [-0.05, 0) is 25.0 Å². The number of aliphatic hydroxyl groups excluding tert-OH is 1. The van der Waals surface area contributed by atoms with Gasteiger partial charge < -0.3 is 15.2 Å². The summed E-state index contributed by atoms with van der Waals surface area (Å²) in [5.41, 5.74) is 0.338. The van der Waals surface area contributed by atoms with Gasteiger partial charge in [0.25, 0.3) is 5.69 Å².